The molecule has 2 rings (SSSR count). The van der Waals surface area contributed by atoms with Gasteiger partial charge < -0.3 is 26.1 Å². The molecular weight excluding hydrogens is 422 g/mol. The van der Waals surface area contributed by atoms with E-state index in [9.17, 15) is 14.9 Å². The van der Waals surface area contributed by atoms with E-state index >= 15 is 0 Å². The van der Waals surface area contributed by atoms with Crippen LogP contribution in [0.4, 0.5) is 0 Å². The Hall–Kier alpha value is -3.94. The Morgan fingerprint density at radius 3 is 2.58 bits per heavy atom. The Balaban J connectivity index is 1.84. The van der Waals surface area contributed by atoms with Gasteiger partial charge in [0.25, 0.3) is 5.91 Å². The van der Waals surface area contributed by atoms with Crippen molar-refractivity contribution >= 4 is 11.8 Å². The molecule has 0 fully saturated rings. The Kier molecular flexibility index (Phi) is 9.82. The number of nitrogens with zero attached hydrogens (tertiary/aromatic N) is 3. The van der Waals surface area contributed by atoms with Crippen LogP contribution in [0.3, 0.4) is 0 Å². The Labute approximate surface area is 193 Å². The van der Waals surface area contributed by atoms with Crippen molar-refractivity contribution in [1.82, 2.24) is 20.6 Å². The van der Waals surface area contributed by atoms with Crippen molar-refractivity contribution < 1.29 is 20.1 Å². The smallest absolute Gasteiger partial charge is 0.308 e. The molecular formula is C23H30N7O3+. The number of ether oxygens (including phenoxy) is 1. The van der Waals surface area contributed by atoms with Gasteiger partial charge >= 0.3 is 5.91 Å². The highest BCUT2D eigenvalue weighted by Gasteiger charge is 2.18. The van der Waals surface area contributed by atoms with E-state index in [0.29, 0.717) is 17.9 Å². The minimum Gasteiger partial charge on any atom is -0.492 e. The SMILES string of the molecule is CCOc1ccc(C(=O)NCCN(N)C=C([NH3+])C(=O)NC(C#N)c2ccc(CC)cc2)nc1. The molecule has 0 radical (unpaired) electrons. The number of hydrogen-bond donors (Lipinski definition) is 4. The summed E-state index contributed by atoms with van der Waals surface area (Å²) in [5.74, 6) is 5.61. The summed E-state index contributed by atoms with van der Waals surface area (Å²) in [6.07, 6.45) is 3.72. The zero-order chi connectivity index (χ0) is 24.2. The lowest BCUT2D eigenvalue weighted by atomic mass is 10.0. The second-order valence-corrected chi connectivity index (χ2v) is 7.09. The summed E-state index contributed by atoms with van der Waals surface area (Å²) < 4.78 is 5.29. The van der Waals surface area contributed by atoms with Crippen molar-refractivity contribution in [2.45, 2.75) is 26.3 Å². The number of aryl methyl sites for hydroxylation is 1. The van der Waals surface area contributed by atoms with Crippen LogP contribution in [-0.2, 0) is 11.2 Å². The van der Waals surface area contributed by atoms with Crippen LogP contribution in [0.2, 0.25) is 0 Å². The monoisotopic (exact) mass is 452 g/mol. The van der Waals surface area contributed by atoms with E-state index < -0.39 is 11.9 Å². The van der Waals surface area contributed by atoms with Crippen LogP contribution < -0.4 is 26.9 Å². The molecule has 0 aliphatic rings. The lowest BCUT2D eigenvalue weighted by Crippen LogP contribution is -2.56. The Bertz CT molecular complexity index is 998. The van der Waals surface area contributed by atoms with E-state index in [1.807, 2.05) is 38.1 Å². The van der Waals surface area contributed by atoms with E-state index in [4.69, 9.17) is 10.6 Å². The van der Waals surface area contributed by atoms with Gasteiger partial charge in [0.2, 0.25) is 5.70 Å². The van der Waals surface area contributed by atoms with Crippen molar-refractivity contribution in [3.63, 3.8) is 0 Å². The summed E-state index contributed by atoms with van der Waals surface area (Å²) in [6.45, 7) is 4.87. The van der Waals surface area contributed by atoms with Crippen LogP contribution in [-0.4, -0.2) is 41.5 Å². The average Bonchev–Trinajstić information content (AvgIpc) is 2.83. The van der Waals surface area contributed by atoms with E-state index in [1.165, 1.54) is 17.4 Å². The van der Waals surface area contributed by atoms with Gasteiger partial charge in [-0.3, -0.25) is 9.59 Å². The number of nitrogens with two attached hydrogens (primary N) is 1. The third-order valence-electron chi connectivity index (χ3n) is 4.67. The van der Waals surface area contributed by atoms with Gasteiger partial charge in [0.1, 0.15) is 17.5 Å². The predicted molar refractivity (Wildman–Crippen MR) is 122 cm³/mol. The van der Waals surface area contributed by atoms with Crippen LogP contribution in [0.15, 0.2) is 54.5 Å². The van der Waals surface area contributed by atoms with Crippen molar-refractivity contribution in [3.8, 4) is 11.8 Å². The molecule has 0 bridgehead atoms. The van der Waals surface area contributed by atoms with Gasteiger partial charge in [-0.2, -0.15) is 5.26 Å². The molecule has 1 heterocycles. The molecule has 174 valence electrons. The fourth-order valence-corrected chi connectivity index (χ4v) is 2.84. The van der Waals surface area contributed by atoms with Crippen molar-refractivity contribution in [3.05, 3.63) is 71.3 Å². The summed E-state index contributed by atoms with van der Waals surface area (Å²) in [5.41, 5.74) is 5.88. The lowest BCUT2D eigenvalue weighted by Gasteiger charge is -2.15. The number of aromatic nitrogens is 1. The first-order chi connectivity index (χ1) is 15.9. The van der Waals surface area contributed by atoms with Crippen molar-refractivity contribution in [2.75, 3.05) is 19.7 Å². The first-order valence-corrected chi connectivity index (χ1v) is 10.6. The molecule has 10 nitrogen and oxygen atoms in total. The molecule has 1 atom stereocenters. The Morgan fingerprint density at radius 1 is 1.27 bits per heavy atom. The molecule has 33 heavy (non-hydrogen) atoms. The third-order valence-corrected chi connectivity index (χ3v) is 4.67. The van der Waals surface area contributed by atoms with Crippen molar-refractivity contribution in [2.24, 2.45) is 5.84 Å². The number of nitriles is 1. The summed E-state index contributed by atoms with van der Waals surface area (Å²) in [6, 6.07) is 12.0. The fraction of sp³-hybridized carbons (Fsp3) is 0.304. The maximum atomic E-state index is 12.4. The molecule has 0 aliphatic heterocycles. The molecule has 1 aromatic carbocycles. The van der Waals surface area contributed by atoms with Gasteiger partial charge in [-0.15, -0.1) is 0 Å². The molecule has 2 amide bonds. The molecule has 10 heteroatoms. The molecule has 2 aromatic rings. The number of carbonyl (C=O) groups excluding carboxylic acids is 2. The molecule has 1 aromatic heterocycles. The standard InChI is InChI=1S/C23H29N7O3/c1-3-16-5-7-17(8-6-16)21(13-24)29-22(31)19(25)15-30(26)12-11-27-23(32)20-10-9-18(14-28-20)33-4-2/h5-10,14-15,21H,3-4,11-12,25-26H2,1-2H3,(H,27,32)(H,29,31)/p+1. The number of pyridine rings is 1. The number of quaternary nitrogens is 1. The predicted octanol–water partition coefficient (Wildman–Crippen LogP) is 0.413. The third kappa shape index (κ3) is 7.92. The van der Waals surface area contributed by atoms with Gasteiger partial charge in [-0.25, -0.2) is 10.8 Å². The van der Waals surface area contributed by atoms with Crippen LogP contribution in [0, 0.1) is 11.3 Å². The minimum atomic E-state index is -0.805. The molecule has 0 spiro atoms. The van der Waals surface area contributed by atoms with E-state index in [-0.39, 0.29) is 30.4 Å². The number of rotatable bonds is 11. The van der Waals surface area contributed by atoms with E-state index in [1.54, 1.807) is 12.1 Å². The summed E-state index contributed by atoms with van der Waals surface area (Å²) in [4.78, 5) is 28.6. The van der Waals surface area contributed by atoms with Crippen LogP contribution in [0.25, 0.3) is 0 Å². The molecule has 1 unspecified atom stereocenters. The number of nitrogens with one attached hydrogen (secondary N) is 2. The number of hydrogen-bond acceptors (Lipinski definition) is 7. The zero-order valence-corrected chi connectivity index (χ0v) is 18.9. The largest absolute Gasteiger partial charge is 0.492 e. The maximum Gasteiger partial charge on any atom is 0.308 e. The summed E-state index contributed by atoms with van der Waals surface area (Å²) in [7, 11) is 0. The van der Waals surface area contributed by atoms with Crippen LogP contribution >= 0.6 is 0 Å². The quantitative estimate of drug-likeness (QED) is 0.218. The number of carbonyl (C=O) groups is 2. The number of hydrazine groups is 1. The lowest BCUT2D eigenvalue weighted by molar-refractivity contribution is -0.300. The van der Waals surface area contributed by atoms with Crippen molar-refractivity contribution in [1.29, 1.82) is 5.26 Å². The van der Waals surface area contributed by atoms with Gasteiger partial charge in [0, 0.05) is 6.54 Å². The maximum absolute atomic E-state index is 12.4. The fourth-order valence-electron chi connectivity index (χ4n) is 2.84. The highest BCUT2D eigenvalue weighted by atomic mass is 16.5. The zero-order valence-electron chi connectivity index (χ0n) is 18.9. The first kappa shape index (κ1) is 25.3. The average molecular weight is 453 g/mol. The normalized spacial score (nSPS) is 11.8. The molecule has 0 aliphatic carbocycles. The topological polar surface area (TPSA) is 161 Å². The van der Waals surface area contributed by atoms with E-state index in [2.05, 4.69) is 27.4 Å². The summed E-state index contributed by atoms with van der Waals surface area (Å²) >= 11 is 0. The second-order valence-electron chi connectivity index (χ2n) is 7.09. The molecule has 0 saturated heterocycles. The highest BCUT2D eigenvalue weighted by molar-refractivity contribution is 5.92. The second kappa shape index (κ2) is 12.8. The Morgan fingerprint density at radius 2 is 2.00 bits per heavy atom. The minimum absolute atomic E-state index is 0.0856. The van der Waals surface area contributed by atoms with Crippen LogP contribution in [0.1, 0.15) is 41.5 Å². The molecule has 0 saturated carbocycles. The first-order valence-electron chi connectivity index (χ1n) is 10.6. The van der Waals surface area contributed by atoms with Crippen LogP contribution in [0.5, 0.6) is 5.75 Å². The highest BCUT2D eigenvalue weighted by Crippen LogP contribution is 2.14. The summed E-state index contributed by atoms with van der Waals surface area (Å²) in [5, 5.41) is 16.0. The van der Waals surface area contributed by atoms with E-state index in [0.717, 1.165) is 12.0 Å². The van der Waals surface area contributed by atoms with Gasteiger partial charge in [-0.05, 0) is 36.6 Å². The molecule has 7 N–H and O–H groups in total. The van der Waals surface area contributed by atoms with Gasteiger partial charge in [0.05, 0.1) is 31.6 Å². The van der Waals surface area contributed by atoms with Gasteiger partial charge in [-0.1, -0.05) is 31.2 Å². The number of amides is 2. The van der Waals surface area contributed by atoms with Gasteiger partial charge in [0.15, 0.2) is 0 Å². The number of benzene rings is 1.